The molecule has 0 spiro atoms. The number of piperazine rings is 2. The first-order valence-corrected chi connectivity index (χ1v) is 15.2. The van der Waals surface area contributed by atoms with Crippen molar-refractivity contribution >= 4 is 40.0 Å². The summed E-state index contributed by atoms with van der Waals surface area (Å²) < 4.78 is 0. The molecule has 11 heteroatoms. The number of aromatic nitrogens is 2. The predicted octanol–water partition coefficient (Wildman–Crippen LogP) is 1.68. The van der Waals surface area contributed by atoms with Crippen LogP contribution < -0.4 is 20.0 Å². The van der Waals surface area contributed by atoms with E-state index in [0.29, 0.717) is 51.8 Å². The number of carbonyl (C=O) groups excluding carboxylic acids is 2. The molecule has 4 aliphatic rings. The zero-order valence-corrected chi connectivity index (χ0v) is 24.8. The molecule has 2 atom stereocenters. The minimum Gasteiger partial charge on any atom is -0.365 e. The molecule has 4 aliphatic heterocycles. The fraction of sp³-hybridized carbons (Fsp3) is 0.469. The van der Waals surface area contributed by atoms with E-state index >= 15 is 0 Å². The van der Waals surface area contributed by atoms with Crippen molar-refractivity contribution in [1.29, 1.82) is 5.26 Å². The van der Waals surface area contributed by atoms with E-state index in [4.69, 9.17) is 9.97 Å². The highest BCUT2D eigenvalue weighted by Crippen LogP contribution is 2.36. The van der Waals surface area contributed by atoms with Crippen molar-refractivity contribution < 1.29 is 9.59 Å². The largest absolute Gasteiger partial charge is 0.365 e. The highest BCUT2D eigenvalue weighted by Gasteiger charge is 2.40. The number of aryl methyl sites for hydroxylation is 1. The monoisotopic (exact) mass is 579 g/mol. The number of carbonyl (C=O) groups is 2. The molecule has 222 valence electrons. The number of likely N-dealkylation sites (N-methyl/N-ethyl adjacent to an activating group) is 1. The maximum Gasteiger partial charge on any atom is 0.242 e. The number of nitrogens with zero attached hydrogens (tertiary/aromatic N) is 8. The summed E-state index contributed by atoms with van der Waals surface area (Å²) in [6, 6.07) is 14.9. The quantitative estimate of drug-likeness (QED) is 0.450. The zero-order valence-electron chi connectivity index (χ0n) is 24.8. The number of nitriles is 1. The van der Waals surface area contributed by atoms with Crippen LogP contribution >= 0.6 is 0 Å². The van der Waals surface area contributed by atoms with E-state index in [1.54, 1.807) is 4.90 Å². The van der Waals surface area contributed by atoms with Crippen LogP contribution in [-0.4, -0.2) is 103 Å². The number of hydrogen-bond donors (Lipinski definition) is 1. The second kappa shape index (κ2) is 11.0. The van der Waals surface area contributed by atoms with Crippen molar-refractivity contribution in [2.75, 3.05) is 74.1 Å². The van der Waals surface area contributed by atoms with Crippen LogP contribution in [-0.2, 0) is 22.6 Å². The summed E-state index contributed by atoms with van der Waals surface area (Å²) in [5, 5.41) is 15.2. The van der Waals surface area contributed by atoms with E-state index in [9.17, 15) is 14.9 Å². The lowest BCUT2D eigenvalue weighted by molar-refractivity contribution is -0.133. The summed E-state index contributed by atoms with van der Waals surface area (Å²) in [6.45, 7) is 7.60. The Bertz CT molecular complexity index is 1630. The summed E-state index contributed by atoms with van der Waals surface area (Å²) in [4.78, 5) is 46.1. The molecule has 7 rings (SSSR count). The Morgan fingerprint density at radius 1 is 1.02 bits per heavy atom. The summed E-state index contributed by atoms with van der Waals surface area (Å²) in [5.74, 6) is 1.59. The lowest BCUT2D eigenvalue weighted by atomic mass is 9.99. The van der Waals surface area contributed by atoms with Crippen LogP contribution in [0.4, 0.5) is 17.5 Å². The molecule has 5 heterocycles. The first-order valence-electron chi connectivity index (χ1n) is 15.2. The Kier molecular flexibility index (Phi) is 7.01. The Labute approximate surface area is 251 Å². The smallest absolute Gasteiger partial charge is 0.242 e. The highest BCUT2D eigenvalue weighted by molar-refractivity contribution is 5.97. The third-order valence-electron chi connectivity index (χ3n) is 9.30. The second-order valence-electron chi connectivity index (χ2n) is 12.1. The second-order valence-corrected chi connectivity index (χ2v) is 12.1. The van der Waals surface area contributed by atoms with Gasteiger partial charge in [0.1, 0.15) is 5.82 Å². The summed E-state index contributed by atoms with van der Waals surface area (Å²) in [7, 11) is 1.83. The molecule has 1 N–H and O–H groups in total. The first kappa shape index (κ1) is 27.4. The fourth-order valence-corrected chi connectivity index (χ4v) is 6.76. The summed E-state index contributed by atoms with van der Waals surface area (Å²) in [6.07, 6.45) is 1.05. The Morgan fingerprint density at radius 2 is 1.81 bits per heavy atom. The van der Waals surface area contributed by atoms with Crippen molar-refractivity contribution in [3.8, 4) is 6.07 Å². The Morgan fingerprint density at radius 3 is 2.58 bits per heavy atom. The maximum absolute atomic E-state index is 13.0. The average molecular weight is 580 g/mol. The van der Waals surface area contributed by atoms with Gasteiger partial charge in [-0.2, -0.15) is 10.2 Å². The molecule has 3 fully saturated rings. The van der Waals surface area contributed by atoms with Crippen LogP contribution in [0.3, 0.4) is 0 Å². The van der Waals surface area contributed by atoms with Crippen molar-refractivity contribution in [2.45, 2.75) is 38.4 Å². The minimum absolute atomic E-state index is 0.0527. The number of hydrogen-bond acceptors (Lipinski definition) is 9. The molecule has 1 aromatic heterocycles. The highest BCUT2D eigenvalue weighted by atomic mass is 16.2. The number of rotatable bonds is 5. The van der Waals surface area contributed by atoms with Gasteiger partial charge in [-0.3, -0.25) is 9.59 Å². The molecule has 0 bridgehead atoms. The lowest BCUT2D eigenvalue weighted by Gasteiger charge is -2.43. The van der Waals surface area contributed by atoms with Gasteiger partial charge in [0, 0.05) is 69.5 Å². The van der Waals surface area contributed by atoms with Gasteiger partial charge in [0.05, 0.1) is 43.4 Å². The van der Waals surface area contributed by atoms with Crippen molar-refractivity contribution in [1.82, 2.24) is 25.1 Å². The molecular weight excluding hydrogens is 542 g/mol. The van der Waals surface area contributed by atoms with Gasteiger partial charge in [-0.05, 0) is 30.4 Å². The third kappa shape index (κ3) is 5.10. The molecule has 0 aliphatic carbocycles. The fourth-order valence-electron chi connectivity index (χ4n) is 6.76. The SMILES string of the molecule is Cc1cccc2cccc(N3CCc4c(nc(N5CCN(C)C(=O)C5)nc4N4CCN(C(=O)[C@@H]5CN5)[C@@H](CC#N)C4)C3)c12. The van der Waals surface area contributed by atoms with E-state index in [-0.39, 0.29) is 36.9 Å². The number of nitrogens with one attached hydrogen (secondary N) is 1. The molecule has 0 unspecified atom stereocenters. The number of amides is 2. The molecule has 2 amide bonds. The molecular formula is C32H37N9O2. The van der Waals surface area contributed by atoms with E-state index in [1.807, 2.05) is 16.8 Å². The summed E-state index contributed by atoms with van der Waals surface area (Å²) >= 11 is 0. The molecule has 43 heavy (non-hydrogen) atoms. The van der Waals surface area contributed by atoms with Gasteiger partial charge >= 0.3 is 0 Å². The van der Waals surface area contributed by atoms with E-state index in [0.717, 1.165) is 30.0 Å². The van der Waals surface area contributed by atoms with Gasteiger partial charge in [0.2, 0.25) is 17.8 Å². The molecule has 0 saturated carbocycles. The van der Waals surface area contributed by atoms with Crippen LogP contribution in [0.5, 0.6) is 0 Å². The standard InChI is InChI=1S/C32H37N9O2/c1-21-5-3-6-22-7-4-8-27(29(21)22)38-12-10-24-26(19-38)35-32(40-14-13-37(2)28(42)20-40)36-30(24)39-15-16-41(23(18-39)9-11-33)31(43)25-17-34-25/h3-8,23,25,34H,9-10,12-20H2,1-2H3/t23-,25-/m0/s1. The first-order chi connectivity index (χ1) is 20.9. The maximum atomic E-state index is 13.0. The van der Waals surface area contributed by atoms with Crippen molar-refractivity contribution in [3.05, 3.63) is 53.2 Å². The number of fused-ring (bicyclic) bond motifs is 2. The van der Waals surface area contributed by atoms with Crippen LogP contribution in [0.1, 0.15) is 23.2 Å². The Hall–Kier alpha value is -4.43. The predicted molar refractivity (Wildman–Crippen MR) is 165 cm³/mol. The summed E-state index contributed by atoms with van der Waals surface area (Å²) in [5.41, 5.74) is 4.54. The van der Waals surface area contributed by atoms with Crippen molar-refractivity contribution in [3.63, 3.8) is 0 Å². The molecule has 3 saturated heterocycles. The molecule has 11 nitrogen and oxygen atoms in total. The lowest BCUT2D eigenvalue weighted by Crippen LogP contribution is -2.57. The topological polar surface area (TPSA) is 122 Å². The Balaban J connectivity index is 1.25. The normalized spacial score (nSPS) is 22.1. The van der Waals surface area contributed by atoms with Gasteiger partial charge in [-0.25, -0.2) is 4.98 Å². The van der Waals surface area contributed by atoms with E-state index < -0.39 is 0 Å². The zero-order chi connectivity index (χ0) is 29.7. The average Bonchev–Trinajstić information content (AvgIpc) is 3.87. The van der Waals surface area contributed by atoms with Crippen molar-refractivity contribution in [2.24, 2.45) is 0 Å². The minimum atomic E-state index is -0.202. The van der Waals surface area contributed by atoms with E-state index in [1.165, 1.54) is 22.0 Å². The molecule has 3 aromatic rings. The van der Waals surface area contributed by atoms with Crippen LogP contribution in [0, 0.1) is 18.3 Å². The number of benzene rings is 2. The molecule has 0 radical (unpaired) electrons. The van der Waals surface area contributed by atoms with Gasteiger partial charge < -0.3 is 29.8 Å². The third-order valence-corrected chi connectivity index (χ3v) is 9.30. The van der Waals surface area contributed by atoms with Crippen LogP contribution in [0.2, 0.25) is 0 Å². The molecule has 2 aromatic carbocycles. The number of anilines is 3. The van der Waals surface area contributed by atoms with Gasteiger partial charge in [0.25, 0.3) is 0 Å². The van der Waals surface area contributed by atoms with Gasteiger partial charge in [-0.1, -0.05) is 30.3 Å². The van der Waals surface area contributed by atoms with Crippen LogP contribution in [0.25, 0.3) is 10.8 Å². The van der Waals surface area contributed by atoms with Gasteiger partial charge in [0.15, 0.2) is 0 Å². The van der Waals surface area contributed by atoms with E-state index in [2.05, 4.69) is 64.5 Å². The van der Waals surface area contributed by atoms with Crippen LogP contribution in [0.15, 0.2) is 36.4 Å². The van der Waals surface area contributed by atoms with Gasteiger partial charge in [-0.15, -0.1) is 0 Å².